The Hall–Kier alpha value is -1.07. The summed E-state index contributed by atoms with van der Waals surface area (Å²) in [6, 6.07) is 5.50. The molecule has 1 heterocycles. The zero-order valence-electron chi connectivity index (χ0n) is 11.1. The van der Waals surface area contributed by atoms with Gasteiger partial charge in [0.15, 0.2) is 5.84 Å². The Balaban J connectivity index is 2.39. The minimum atomic E-state index is 0.0912. The Kier molecular flexibility index (Phi) is 4.16. The molecule has 19 heavy (non-hydrogen) atoms. The highest BCUT2D eigenvalue weighted by atomic mass is 35.5. The Morgan fingerprint density at radius 3 is 2.89 bits per heavy atom. The third-order valence-electron chi connectivity index (χ3n) is 3.11. The first-order valence-corrected chi connectivity index (χ1v) is 7.46. The van der Waals surface area contributed by atoms with Crippen LogP contribution in [0.2, 0.25) is 5.02 Å². The Bertz CT molecular complexity index is 505. The number of hydrogen-bond acceptors (Lipinski definition) is 4. The number of thioether (sulfide) groups is 1. The molecule has 1 aliphatic rings. The van der Waals surface area contributed by atoms with Gasteiger partial charge in [-0.05, 0) is 32.0 Å². The van der Waals surface area contributed by atoms with Crippen molar-refractivity contribution in [2.45, 2.75) is 18.6 Å². The van der Waals surface area contributed by atoms with E-state index in [1.165, 1.54) is 0 Å². The second-order valence-corrected chi connectivity index (χ2v) is 7.41. The zero-order valence-corrected chi connectivity index (χ0v) is 12.6. The van der Waals surface area contributed by atoms with E-state index in [4.69, 9.17) is 22.5 Å². The van der Waals surface area contributed by atoms with Crippen molar-refractivity contribution in [1.29, 1.82) is 0 Å². The van der Waals surface area contributed by atoms with Crippen molar-refractivity contribution in [3.63, 3.8) is 0 Å². The Morgan fingerprint density at radius 1 is 1.53 bits per heavy atom. The van der Waals surface area contributed by atoms with Gasteiger partial charge in [0, 0.05) is 39.9 Å². The first kappa shape index (κ1) is 14.3. The van der Waals surface area contributed by atoms with Gasteiger partial charge >= 0.3 is 0 Å². The third kappa shape index (κ3) is 3.28. The van der Waals surface area contributed by atoms with Crippen molar-refractivity contribution in [2.24, 2.45) is 10.9 Å². The fraction of sp³-hybridized carbons (Fsp3) is 0.462. The molecular formula is C13H18ClN3OS. The maximum absolute atomic E-state index is 8.90. The molecule has 0 saturated carbocycles. The number of oxime groups is 1. The molecule has 1 fully saturated rings. The van der Waals surface area contributed by atoms with E-state index in [-0.39, 0.29) is 10.6 Å². The van der Waals surface area contributed by atoms with E-state index in [1.807, 2.05) is 23.9 Å². The second kappa shape index (κ2) is 5.51. The van der Waals surface area contributed by atoms with Gasteiger partial charge < -0.3 is 15.8 Å². The molecule has 6 heteroatoms. The van der Waals surface area contributed by atoms with Crippen LogP contribution in [0, 0.1) is 0 Å². The van der Waals surface area contributed by atoms with Gasteiger partial charge in [0.1, 0.15) is 0 Å². The Labute approximate surface area is 122 Å². The summed E-state index contributed by atoms with van der Waals surface area (Å²) in [4.78, 5) is 2.26. The van der Waals surface area contributed by atoms with Crippen LogP contribution in [0.3, 0.4) is 0 Å². The van der Waals surface area contributed by atoms with Crippen LogP contribution in [0.15, 0.2) is 23.4 Å². The molecule has 1 aliphatic heterocycles. The zero-order chi connectivity index (χ0) is 14.0. The van der Waals surface area contributed by atoms with Gasteiger partial charge in [-0.1, -0.05) is 16.8 Å². The van der Waals surface area contributed by atoms with E-state index in [9.17, 15) is 0 Å². The van der Waals surface area contributed by atoms with Crippen LogP contribution < -0.4 is 10.6 Å². The molecular weight excluding hydrogens is 282 g/mol. The predicted octanol–water partition coefficient (Wildman–Crippen LogP) is 2.77. The number of amidine groups is 1. The lowest BCUT2D eigenvalue weighted by atomic mass is 10.1. The molecule has 4 nitrogen and oxygen atoms in total. The van der Waals surface area contributed by atoms with Crippen molar-refractivity contribution >= 4 is 34.9 Å². The van der Waals surface area contributed by atoms with E-state index >= 15 is 0 Å². The molecule has 0 aromatic heterocycles. The van der Waals surface area contributed by atoms with Crippen LogP contribution in [-0.4, -0.2) is 34.6 Å². The van der Waals surface area contributed by atoms with E-state index in [0.29, 0.717) is 10.6 Å². The van der Waals surface area contributed by atoms with Crippen molar-refractivity contribution in [2.75, 3.05) is 23.7 Å². The van der Waals surface area contributed by atoms with Gasteiger partial charge in [-0.3, -0.25) is 0 Å². The van der Waals surface area contributed by atoms with Gasteiger partial charge in [0.25, 0.3) is 0 Å². The highest BCUT2D eigenvalue weighted by Gasteiger charge is 2.28. The summed E-state index contributed by atoms with van der Waals surface area (Å²) in [5.41, 5.74) is 7.39. The molecule has 0 radical (unpaired) electrons. The van der Waals surface area contributed by atoms with E-state index in [2.05, 4.69) is 23.9 Å². The predicted molar refractivity (Wildman–Crippen MR) is 82.7 cm³/mol. The lowest BCUT2D eigenvalue weighted by molar-refractivity contribution is 0.318. The smallest absolute Gasteiger partial charge is 0.172 e. The average molecular weight is 300 g/mol. The highest BCUT2D eigenvalue weighted by molar-refractivity contribution is 8.00. The van der Waals surface area contributed by atoms with E-state index in [1.54, 1.807) is 6.07 Å². The first-order chi connectivity index (χ1) is 8.93. The molecule has 0 aliphatic carbocycles. The molecule has 3 N–H and O–H groups in total. The van der Waals surface area contributed by atoms with Crippen LogP contribution >= 0.6 is 23.4 Å². The van der Waals surface area contributed by atoms with Gasteiger partial charge in [-0.15, -0.1) is 0 Å². The molecule has 0 bridgehead atoms. The summed E-state index contributed by atoms with van der Waals surface area (Å²) in [7, 11) is 0. The molecule has 104 valence electrons. The monoisotopic (exact) mass is 299 g/mol. The molecule has 1 aromatic carbocycles. The van der Waals surface area contributed by atoms with Crippen molar-refractivity contribution in [3.05, 3.63) is 28.8 Å². The number of anilines is 1. The van der Waals surface area contributed by atoms with Gasteiger partial charge in [0.2, 0.25) is 0 Å². The largest absolute Gasteiger partial charge is 0.409 e. The van der Waals surface area contributed by atoms with E-state index < -0.39 is 0 Å². The van der Waals surface area contributed by atoms with Crippen molar-refractivity contribution in [3.8, 4) is 0 Å². The van der Waals surface area contributed by atoms with Gasteiger partial charge in [-0.2, -0.15) is 11.8 Å². The van der Waals surface area contributed by atoms with Crippen LogP contribution in [0.1, 0.15) is 19.4 Å². The quantitative estimate of drug-likeness (QED) is 0.381. The second-order valence-electron chi connectivity index (χ2n) is 5.18. The van der Waals surface area contributed by atoms with Crippen LogP contribution in [0.25, 0.3) is 0 Å². The number of hydrogen-bond donors (Lipinski definition) is 2. The average Bonchev–Trinajstić information content (AvgIpc) is 2.36. The summed E-state index contributed by atoms with van der Waals surface area (Å²) in [6.45, 7) is 6.32. The number of rotatable bonds is 2. The number of halogens is 1. The number of nitrogens with zero attached hydrogens (tertiary/aromatic N) is 2. The molecule has 0 atom stereocenters. The van der Waals surface area contributed by atoms with Gasteiger partial charge in [0.05, 0.1) is 0 Å². The third-order valence-corrected chi connectivity index (χ3v) is 4.64. The maximum atomic E-state index is 8.90. The molecule has 0 spiro atoms. The fourth-order valence-electron chi connectivity index (χ4n) is 2.27. The van der Waals surface area contributed by atoms with Crippen LogP contribution in [0.5, 0.6) is 0 Å². The highest BCUT2D eigenvalue weighted by Crippen LogP contribution is 2.34. The lowest BCUT2D eigenvalue weighted by Crippen LogP contribution is -2.43. The number of nitrogens with two attached hydrogens (primary N) is 1. The summed E-state index contributed by atoms with van der Waals surface area (Å²) in [6.07, 6.45) is 0. The Morgan fingerprint density at radius 2 is 2.26 bits per heavy atom. The first-order valence-electron chi connectivity index (χ1n) is 6.09. The van der Waals surface area contributed by atoms with Crippen molar-refractivity contribution < 1.29 is 5.21 Å². The topological polar surface area (TPSA) is 61.8 Å². The van der Waals surface area contributed by atoms with Crippen molar-refractivity contribution in [1.82, 2.24) is 0 Å². The van der Waals surface area contributed by atoms with E-state index in [0.717, 1.165) is 24.5 Å². The maximum Gasteiger partial charge on any atom is 0.172 e. The summed E-state index contributed by atoms with van der Waals surface area (Å²) >= 11 is 7.96. The molecule has 0 amide bonds. The van der Waals surface area contributed by atoms with Gasteiger partial charge in [-0.25, -0.2) is 0 Å². The fourth-order valence-corrected chi connectivity index (χ4v) is 3.55. The molecule has 1 saturated heterocycles. The summed E-state index contributed by atoms with van der Waals surface area (Å²) in [5.74, 6) is 1.15. The van der Waals surface area contributed by atoms with Crippen LogP contribution in [0.4, 0.5) is 5.69 Å². The molecule has 2 rings (SSSR count). The minimum absolute atomic E-state index is 0.0912. The number of benzene rings is 1. The molecule has 1 aromatic rings. The lowest BCUT2D eigenvalue weighted by Gasteiger charge is -2.39. The summed E-state index contributed by atoms with van der Waals surface area (Å²) in [5, 5.41) is 12.6. The summed E-state index contributed by atoms with van der Waals surface area (Å²) < 4.78 is 0.195. The minimum Gasteiger partial charge on any atom is -0.409 e. The molecule has 0 unspecified atom stereocenters. The standard InChI is InChI=1S/C13H18ClN3OS/c1-13(2)8-17(5-6-19-13)11-4-3-9(14)7-10(11)12(15)16-18/h3-4,7,18H,5-6,8H2,1-2H3,(H2,15,16). The normalized spacial score (nSPS) is 19.5. The van der Waals surface area contributed by atoms with Crippen LogP contribution in [-0.2, 0) is 0 Å². The SMILES string of the molecule is CC1(C)CN(c2ccc(Cl)cc2/C(N)=N/O)CCS1.